The van der Waals surface area contributed by atoms with Crippen LogP contribution in [0.4, 0.5) is 10.1 Å². The summed E-state index contributed by atoms with van der Waals surface area (Å²) in [6.45, 7) is 0.135. The lowest BCUT2D eigenvalue weighted by Gasteiger charge is -2.13. The Bertz CT molecular complexity index is 1240. The molecule has 0 aliphatic rings. The van der Waals surface area contributed by atoms with E-state index in [1.165, 1.54) is 16.7 Å². The number of anilines is 1. The maximum Gasteiger partial charge on any atom is 0.275 e. The molecular formula is C21H18FN3O3. The molecule has 2 aromatic carbocycles. The molecule has 0 unspecified atom stereocenters. The van der Waals surface area contributed by atoms with Crippen LogP contribution in [0.2, 0.25) is 0 Å². The average molecular weight is 379 g/mol. The highest BCUT2D eigenvalue weighted by Gasteiger charge is 2.13. The van der Waals surface area contributed by atoms with Crippen LogP contribution in [-0.2, 0) is 11.3 Å². The van der Waals surface area contributed by atoms with Crippen molar-refractivity contribution in [2.45, 2.75) is 13.0 Å². The molecule has 0 saturated heterocycles. The molecule has 142 valence electrons. The minimum absolute atomic E-state index is 0.0691. The van der Waals surface area contributed by atoms with Crippen molar-refractivity contribution in [2.24, 2.45) is 0 Å². The lowest BCUT2D eigenvalue weighted by molar-refractivity contribution is -0.116. The molecule has 6 nitrogen and oxygen atoms in total. The van der Waals surface area contributed by atoms with Gasteiger partial charge in [-0.15, -0.1) is 0 Å². The smallest absolute Gasteiger partial charge is 0.275 e. The molecule has 2 heterocycles. The standard InChI is InChI=1S/C21H18FN3O3/c1-28-16-5-2-4-15(13-16)23-20(26)9-11-25-19-12-14(22)7-8-17(19)24-10-3-6-18(24)21(25)27/h2-8,10,12-13H,9,11H2,1H3,(H,23,26). The van der Waals surface area contributed by atoms with Crippen molar-refractivity contribution in [3.63, 3.8) is 0 Å². The molecule has 0 fully saturated rings. The Morgan fingerprint density at radius 1 is 1.07 bits per heavy atom. The number of rotatable bonds is 5. The van der Waals surface area contributed by atoms with Gasteiger partial charge in [-0.05, 0) is 42.5 Å². The third kappa shape index (κ3) is 3.22. The predicted octanol–water partition coefficient (Wildman–Crippen LogP) is 3.43. The molecule has 1 amide bonds. The van der Waals surface area contributed by atoms with Crippen molar-refractivity contribution in [1.29, 1.82) is 0 Å². The summed E-state index contributed by atoms with van der Waals surface area (Å²) in [6.07, 6.45) is 1.83. The molecular weight excluding hydrogens is 361 g/mol. The van der Waals surface area contributed by atoms with Crippen molar-refractivity contribution in [1.82, 2.24) is 8.97 Å². The van der Waals surface area contributed by atoms with Gasteiger partial charge in [0.2, 0.25) is 5.91 Å². The van der Waals surface area contributed by atoms with E-state index in [0.717, 1.165) is 0 Å². The molecule has 0 saturated carbocycles. The van der Waals surface area contributed by atoms with Crippen molar-refractivity contribution in [3.8, 4) is 5.75 Å². The number of aryl methyl sites for hydroxylation is 1. The van der Waals surface area contributed by atoms with E-state index in [2.05, 4.69) is 5.32 Å². The monoisotopic (exact) mass is 379 g/mol. The summed E-state index contributed by atoms with van der Waals surface area (Å²) in [5.74, 6) is -0.0536. The van der Waals surface area contributed by atoms with Crippen molar-refractivity contribution in [3.05, 3.63) is 77.0 Å². The Morgan fingerprint density at radius 3 is 2.75 bits per heavy atom. The minimum Gasteiger partial charge on any atom is -0.497 e. The van der Waals surface area contributed by atoms with Gasteiger partial charge in [0.15, 0.2) is 0 Å². The fourth-order valence-electron chi connectivity index (χ4n) is 3.29. The molecule has 0 aliphatic heterocycles. The number of benzene rings is 2. The number of ether oxygens (including phenoxy) is 1. The third-order valence-electron chi connectivity index (χ3n) is 4.62. The van der Waals surface area contributed by atoms with Gasteiger partial charge in [0.05, 0.1) is 18.1 Å². The lowest BCUT2D eigenvalue weighted by atomic mass is 10.2. The lowest BCUT2D eigenvalue weighted by Crippen LogP contribution is -2.25. The second kappa shape index (κ2) is 7.19. The summed E-state index contributed by atoms with van der Waals surface area (Å²) < 4.78 is 22.1. The van der Waals surface area contributed by atoms with E-state index in [1.54, 1.807) is 60.2 Å². The first-order valence-electron chi connectivity index (χ1n) is 8.80. The van der Waals surface area contributed by atoms with Gasteiger partial charge in [0.1, 0.15) is 17.1 Å². The Labute approximate surface area is 159 Å². The minimum atomic E-state index is -0.437. The molecule has 0 bridgehead atoms. The SMILES string of the molecule is COc1cccc(NC(=O)CCn2c(=O)c3cccn3c3ccc(F)cc32)c1. The van der Waals surface area contributed by atoms with Gasteiger partial charge in [-0.2, -0.15) is 0 Å². The van der Waals surface area contributed by atoms with Gasteiger partial charge in [-0.25, -0.2) is 4.39 Å². The van der Waals surface area contributed by atoms with E-state index in [0.29, 0.717) is 28.0 Å². The van der Waals surface area contributed by atoms with Crippen molar-refractivity contribution >= 4 is 28.1 Å². The maximum absolute atomic E-state index is 13.8. The van der Waals surface area contributed by atoms with Crippen LogP contribution in [0.25, 0.3) is 16.6 Å². The number of aromatic nitrogens is 2. The second-order valence-corrected chi connectivity index (χ2v) is 6.38. The van der Waals surface area contributed by atoms with Crippen LogP contribution in [0, 0.1) is 5.82 Å². The van der Waals surface area contributed by atoms with Gasteiger partial charge in [0, 0.05) is 30.9 Å². The highest BCUT2D eigenvalue weighted by molar-refractivity contribution is 5.91. The topological polar surface area (TPSA) is 64.7 Å². The van der Waals surface area contributed by atoms with Crippen LogP contribution in [0.5, 0.6) is 5.75 Å². The highest BCUT2D eigenvalue weighted by atomic mass is 19.1. The summed E-state index contributed by atoms with van der Waals surface area (Å²) in [6, 6.07) is 14.8. The Hall–Kier alpha value is -3.61. The third-order valence-corrected chi connectivity index (χ3v) is 4.62. The van der Waals surface area contributed by atoms with Gasteiger partial charge >= 0.3 is 0 Å². The quantitative estimate of drug-likeness (QED) is 0.578. The number of nitrogens with one attached hydrogen (secondary N) is 1. The van der Waals surface area contributed by atoms with Crippen LogP contribution < -0.4 is 15.6 Å². The molecule has 4 aromatic rings. The van der Waals surface area contributed by atoms with Crippen LogP contribution in [0.1, 0.15) is 6.42 Å². The van der Waals surface area contributed by atoms with E-state index >= 15 is 0 Å². The Kier molecular flexibility index (Phi) is 4.57. The Balaban J connectivity index is 1.63. The van der Waals surface area contributed by atoms with E-state index in [-0.39, 0.29) is 24.4 Å². The van der Waals surface area contributed by atoms with Crippen LogP contribution in [0.3, 0.4) is 0 Å². The Morgan fingerprint density at radius 2 is 1.93 bits per heavy atom. The van der Waals surface area contributed by atoms with Gasteiger partial charge in [0.25, 0.3) is 5.56 Å². The number of hydrogen-bond acceptors (Lipinski definition) is 3. The fraction of sp³-hybridized carbons (Fsp3) is 0.143. The number of fused-ring (bicyclic) bond motifs is 3. The predicted molar refractivity (Wildman–Crippen MR) is 105 cm³/mol. The van der Waals surface area contributed by atoms with Crippen molar-refractivity contribution < 1.29 is 13.9 Å². The summed E-state index contributed by atoms with van der Waals surface area (Å²) in [5.41, 5.74) is 1.97. The zero-order valence-electron chi connectivity index (χ0n) is 15.2. The summed E-state index contributed by atoms with van der Waals surface area (Å²) in [7, 11) is 1.55. The zero-order valence-corrected chi connectivity index (χ0v) is 15.2. The maximum atomic E-state index is 13.8. The molecule has 2 aromatic heterocycles. The van der Waals surface area contributed by atoms with Crippen LogP contribution >= 0.6 is 0 Å². The number of carbonyl (C=O) groups is 1. The van der Waals surface area contributed by atoms with Gasteiger partial charge < -0.3 is 19.0 Å². The van der Waals surface area contributed by atoms with Crippen LogP contribution in [-0.4, -0.2) is 22.0 Å². The zero-order chi connectivity index (χ0) is 19.7. The number of methoxy groups -OCH3 is 1. The van der Waals surface area contributed by atoms with Gasteiger partial charge in [-0.3, -0.25) is 9.59 Å². The van der Waals surface area contributed by atoms with E-state index in [4.69, 9.17) is 4.74 Å². The summed E-state index contributed by atoms with van der Waals surface area (Å²) in [5, 5.41) is 2.78. The number of hydrogen-bond donors (Lipinski definition) is 1. The van der Waals surface area contributed by atoms with E-state index in [9.17, 15) is 14.0 Å². The summed E-state index contributed by atoms with van der Waals surface area (Å²) in [4.78, 5) is 25.2. The first-order chi connectivity index (χ1) is 13.6. The molecule has 0 radical (unpaired) electrons. The second-order valence-electron chi connectivity index (χ2n) is 6.38. The molecule has 4 rings (SSSR count). The van der Waals surface area contributed by atoms with E-state index in [1.807, 2.05) is 0 Å². The number of carbonyl (C=O) groups excluding carboxylic acids is 1. The molecule has 0 atom stereocenters. The number of halogens is 1. The first-order valence-corrected chi connectivity index (χ1v) is 8.80. The molecule has 7 heteroatoms. The fourth-order valence-corrected chi connectivity index (χ4v) is 3.29. The van der Waals surface area contributed by atoms with Crippen molar-refractivity contribution in [2.75, 3.05) is 12.4 Å². The molecule has 0 spiro atoms. The molecule has 0 aliphatic carbocycles. The van der Waals surface area contributed by atoms with Crippen LogP contribution in [0.15, 0.2) is 65.6 Å². The highest BCUT2D eigenvalue weighted by Crippen LogP contribution is 2.19. The number of nitrogens with zero attached hydrogens (tertiary/aromatic N) is 2. The summed E-state index contributed by atoms with van der Waals surface area (Å²) >= 11 is 0. The average Bonchev–Trinajstić information content (AvgIpc) is 3.18. The largest absolute Gasteiger partial charge is 0.497 e. The number of amides is 1. The normalized spacial score (nSPS) is 11.1. The van der Waals surface area contributed by atoms with Gasteiger partial charge in [-0.1, -0.05) is 6.07 Å². The van der Waals surface area contributed by atoms with E-state index < -0.39 is 5.82 Å². The first kappa shape index (κ1) is 17.8. The molecule has 1 N–H and O–H groups in total. The molecule has 28 heavy (non-hydrogen) atoms.